The quantitative estimate of drug-likeness (QED) is 0.923. The zero-order chi connectivity index (χ0) is 17.4. The summed E-state index contributed by atoms with van der Waals surface area (Å²) < 4.78 is 18.6. The van der Waals surface area contributed by atoms with Crippen molar-refractivity contribution in [3.8, 4) is 0 Å². The number of halogens is 1. The first-order chi connectivity index (χ1) is 11.4. The van der Waals surface area contributed by atoms with Crippen LogP contribution in [0.2, 0.25) is 0 Å². The highest BCUT2D eigenvalue weighted by Crippen LogP contribution is 2.30. The van der Waals surface area contributed by atoms with E-state index in [9.17, 15) is 14.0 Å². The van der Waals surface area contributed by atoms with Crippen LogP contribution < -0.4 is 5.56 Å². The van der Waals surface area contributed by atoms with Gasteiger partial charge in [-0.2, -0.15) is 4.39 Å². The zero-order valence-corrected chi connectivity index (χ0v) is 13.9. The third-order valence-corrected chi connectivity index (χ3v) is 4.44. The summed E-state index contributed by atoms with van der Waals surface area (Å²) in [7, 11) is 0. The van der Waals surface area contributed by atoms with Gasteiger partial charge in [-0.05, 0) is 33.6 Å². The van der Waals surface area contributed by atoms with Gasteiger partial charge < -0.3 is 14.4 Å². The van der Waals surface area contributed by atoms with E-state index < -0.39 is 11.4 Å². The molecule has 1 atom stereocenters. The molecule has 2 aromatic rings. The van der Waals surface area contributed by atoms with Crippen molar-refractivity contribution in [2.24, 2.45) is 0 Å². The molecule has 128 valence electrons. The molecule has 0 bridgehead atoms. The Morgan fingerprint density at radius 3 is 2.75 bits per heavy atom. The summed E-state index contributed by atoms with van der Waals surface area (Å²) in [5, 5.41) is 3.86. The average molecular weight is 334 g/mol. The number of hydrogen-bond donors (Lipinski definition) is 1. The minimum absolute atomic E-state index is 0.0405. The van der Waals surface area contributed by atoms with E-state index >= 15 is 0 Å². The highest BCUT2D eigenvalue weighted by molar-refractivity contribution is 5.79. The Morgan fingerprint density at radius 2 is 2.12 bits per heavy atom. The lowest BCUT2D eigenvalue weighted by atomic mass is 10.1. The molecule has 1 N–H and O–H groups in total. The molecule has 1 aliphatic heterocycles. The van der Waals surface area contributed by atoms with Crippen molar-refractivity contribution < 1.29 is 13.7 Å². The summed E-state index contributed by atoms with van der Waals surface area (Å²) in [6.45, 7) is 5.58. The van der Waals surface area contributed by atoms with E-state index in [2.05, 4.69) is 15.1 Å². The molecule has 1 aliphatic rings. The molecule has 0 aliphatic carbocycles. The largest absolute Gasteiger partial charge is 0.361 e. The van der Waals surface area contributed by atoms with Gasteiger partial charge in [0.15, 0.2) is 0 Å². The molecular formula is C16H19FN4O3. The van der Waals surface area contributed by atoms with Gasteiger partial charge in [-0.1, -0.05) is 5.16 Å². The summed E-state index contributed by atoms with van der Waals surface area (Å²) in [4.78, 5) is 32.6. The summed E-state index contributed by atoms with van der Waals surface area (Å²) in [5.74, 6) is -0.00820. The Labute approximate surface area is 137 Å². The predicted octanol–water partition coefficient (Wildman–Crippen LogP) is 1.73. The van der Waals surface area contributed by atoms with Crippen molar-refractivity contribution in [3.05, 3.63) is 44.7 Å². The normalized spacial score (nSPS) is 17.5. The molecule has 2 aromatic heterocycles. The van der Waals surface area contributed by atoms with Crippen LogP contribution in [0.3, 0.4) is 0 Å². The van der Waals surface area contributed by atoms with Gasteiger partial charge in [0, 0.05) is 12.1 Å². The lowest BCUT2D eigenvalue weighted by Gasteiger charge is -2.24. The van der Waals surface area contributed by atoms with E-state index in [1.165, 1.54) is 6.92 Å². The first-order valence-electron chi connectivity index (χ1n) is 7.86. The average Bonchev–Trinajstić information content (AvgIpc) is 3.14. The van der Waals surface area contributed by atoms with Crippen LogP contribution >= 0.6 is 0 Å². The van der Waals surface area contributed by atoms with E-state index in [0.29, 0.717) is 30.2 Å². The Bertz CT molecular complexity index is 823. The summed E-state index contributed by atoms with van der Waals surface area (Å²) in [5.41, 5.74) is 0.712. The second-order valence-electron chi connectivity index (χ2n) is 6.08. The van der Waals surface area contributed by atoms with Crippen molar-refractivity contribution in [1.29, 1.82) is 0 Å². The van der Waals surface area contributed by atoms with Gasteiger partial charge in [0.05, 0.1) is 23.9 Å². The fraction of sp³-hybridized carbons (Fsp3) is 0.500. The number of aryl methyl sites for hydroxylation is 3. The fourth-order valence-corrected chi connectivity index (χ4v) is 3.11. The van der Waals surface area contributed by atoms with Crippen LogP contribution in [-0.2, 0) is 11.2 Å². The molecule has 3 heterocycles. The number of rotatable bonds is 3. The van der Waals surface area contributed by atoms with E-state index in [1.807, 2.05) is 0 Å². The highest BCUT2D eigenvalue weighted by atomic mass is 19.1. The molecule has 1 unspecified atom stereocenters. The Hall–Kier alpha value is -2.51. The van der Waals surface area contributed by atoms with E-state index in [1.54, 1.807) is 18.7 Å². The third kappa shape index (κ3) is 2.83. The molecule has 3 rings (SSSR count). The third-order valence-electron chi connectivity index (χ3n) is 4.44. The molecule has 1 amide bonds. The molecule has 0 aromatic carbocycles. The first kappa shape index (κ1) is 16.4. The molecule has 7 nitrogen and oxygen atoms in total. The number of amides is 1. The molecule has 0 radical (unpaired) electrons. The molecular weight excluding hydrogens is 315 g/mol. The fourth-order valence-electron chi connectivity index (χ4n) is 3.11. The lowest BCUT2D eigenvalue weighted by molar-refractivity contribution is -0.131. The number of nitrogens with one attached hydrogen (secondary N) is 1. The Balaban J connectivity index is 1.85. The number of hydrogen-bond acceptors (Lipinski definition) is 5. The van der Waals surface area contributed by atoms with Crippen molar-refractivity contribution >= 4 is 5.91 Å². The van der Waals surface area contributed by atoms with Crippen LogP contribution in [0.1, 0.15) is 47.4 Å². The Kier molecular flexibility index (Phi) is 4.21. The second-order valence-corrected chi connectivity index (χ2v) is 6.08. The van der Waals surface area contributed by atoms with Crippen LogP contribution in [-0.4, -0.2) is 32.5 Å². The van der Waals surface area contributed by atoms with Gasteiger partial charge in [-0.3, -0.25) is 9.59 Å². The van der Waals surface area contributed by atoms with Gasteiger partial charge in [0.1, 0.15) is 11.6 Å². The maximum absolute atomic E-state index is 13.5. The molecule has 1 saturated heterocycles. The van der Waals surface area contributed by atoms with Crippen molar-refractivity contribution in [2.75, 3.05) is 6.54 Å². The van der Waals surface area contributed by atoms with E-state index in [4.69, 9.17) is 4.52 Å². The number of H-pyrrole nitrogens is 1. The van der Waals surface area contributed by atoms with Crippen LogP contribution in [0, 0.1) is 26.6 Å². The predicted molar refractivity (Wildman–Crippen MR) is 82.9 cm³/mol. The summed E-state index contributed by atoms with van der Waals surface area (Å²) in [6.07, 6.45) is 1.67. The zero-order valence-electron chi connectivity index (χ0n) is 13.9. The molecule has 1 fully saturated rings. The number of aromatic nitrogens is 3. The number of likely N-dealkylation sites (tertiary alicyclic amines) is 1. The van der Waals surface area contributed by atoms with Crippen LogP contribution in [0.5, 0.6) is 0 Å². The van der Waals surface area contributed by atoms with Gasteiger partial charge in [-0.25, -0.2) is 4.98 Å². The minimum atomic E-state index is -0.884. The van der Waals surface area contributed by atoms with Crippen molar-refractivity contribution in [3.63, 3.8) is 0 Å². The van der Waals surface area contributed by atoms with Crippen LogP contribution in [0.25, 0.3) is 0 Å². The molecule has 24 heavy (non-hydrogen) atoms. The standard InChI is InChI=1S/C16H19FN4O3/c1-8-11(10(3)24-20-8)7-13(22)21-6-4-5-12(21)15-18-9(2)14(17)16(23)19-15/h12H,4-7H2,1-3H3,(H,18,19,23). The van der Waals surface area contributed by atoms with Gasteiger partial charge in [0.25, 0.3) is 5.56 Å². The molecule has 8 heteroatoms. The van der Waals surface area contributed by atoms with Gasteiger partial charge >= 0.3 is 0 Å². The topological polar surface area (TPSA) is 92.1 Å². The molecule has 0 spiro atoms. The van der Waals surface area contributed by atoms with Gasteiger partial charge in [-0.15, -0.1) is 0 Å². The summed E-state index contributed by atoms with van der Waals surface area (Å²) in [6, 6.07) is -0.343. The smallest absolute Gasteiger partial charge is 0.287 e. The van der Waals surface area contributed by atoms with Crippen molar-refractivity contribution in [1.82, 2.24) is 20.0 Å². The highest BCUT2D eigenvalue weighted by Gasteiger charge is 2.33. The minimum Gasteiger partial charge on any atom is -0.361 e. The number of nitrogens with zero attached hydrogens (tertiary/aromatic N) is 3. The van der Waals surface area contributed by atoms with Gasteiger partial charge in [0.2, 0.25) is 11.7 Å². The second kappa shape index (κ2) is 6.18. The van der Waals surface area contributed by atoms with Crippen molar-refractivity contribution in [2.45, 2.75) is 46.1 Å². The van der Waals surface area contributed by atoms with Crippen LogP contribution in [0.4, 0.5) is 4.39 Å². The SMILES string of the molecule is Cc1noc(C)c1CC(=O)N1CCCC1c1nc(C)c(F)c(=O)[nH]1. The number of carbonyl (C=O) groups is 1. The monoisotopic (exact) mass is 334 g/mol. The first-order valence-corrected chi connectivity index (χ1v) is 7.86. The maximum atomic E-state index is 13.5. The number of aromatic amines is 1. The number of carbonyl (C=O) groups excluding carboxylic acids is 1. The Morgan fingerprint density at radius 1 is 1.38 bits per heavy atom. The van der Waals surface area contributed by atoms with E-state index in [-0.39, 0.29) is 24.1 Å². The van der Waals surface area contributed by atoms with E-state index in [0.717, 1.165) is 12.0 Å². The van der Waals surface area contributed by atoms with Crippen LogP contribution in [0.15, 0.2) is 9.32 Å². The molecule has 0 saturated carbocycles. The summed E-state index contributed by atoms with van der Waals surface area (Å²) >= 11 is 0. The maximum Gasteiger partial charge on any atom is 0.287 e. The lowest BCUT2D eigenvalue weighted by Crippen LogP contribution is -2.34.